The predicted octanol–water partition coefficient (Wildman–Crippen LogP) is 3.10. The van der Waals surface area contributed by atoms with E-state index >= 15 is 0 Å². The lowest BCUT2D eigenvalue weighted by Crippen LogP contribution is -2.45. The fourth-order valence-electron chi connectivity index (χ4n) is 4.18. The number of hydrogen-bond acceptors (Lipinski definition) is 3. The van der Waals surface area contributed by atoms with Crippen LogP contribution in [0.15, 0.2) is 35.3 Å². The molecule has 2 fully saturated rings. The molecule has 0 amide bonds. The first-order valence-corrected chi connectivity index (χ1v) is 10.4. The molecule has 158 valence electrons. The predicted molar refractivity (Wildman–Crippen MR) is 128 cm³/mol. The lowest BCUT2D eigenvalue weighted by atomic mass is 9.86. The van der Waals surface area contributed by atoms with Gasteiger partial charge in [-0.1, -0.05) is 44.2 Å². The molecule has 0 aliphatic carbocycles. The van der Waals surface area contributed by atoms with Gasteiger partial charge in [0, 0.05) is 46.3 Å². The van der Waals surface area contributed by atoms with E-state index in [2.05, 4.69) is 64.3 Å². The van der Waals surface area contributed by atoms with E-state index in [-0.39, 0.29) is 29.4 Å². The number of ether oxygens (including phenoxy) is 1. The van der Waals surface area contributed by atoms with Gasteiger partial charge in [-0.15, -0.1) is 24.0 Å². The Kier molecular flexibility index (Phi) is 9.50. The standard InChI is InChI=1S/C22H36N4O.HI/c1-22(2,15-19-7-5-4-6-8-19)18-24-21(23-3)26-10-9-20(17-26)16-25-11-13-27-14-12-25;/h4-8,20H,9-18H2,1-3H3,(H,23,24);1H. The highest BCUT2D eigenvalue weighted by molar-refractivity contribution is 14.0. The number of rotatable bonds is 6. The number of aliphatic imine (C=N–C) groups is 1. The van der Waals surface area contributed by atoms with Crippen molar-refractivity contribution in [3.05, 3.63) is 35.9 Å². The van der Waals surface area contributed by atoms with E-state index in [4.69, 9.17) is 4.74 Å². The first-order chi connectivity index (χ1) is 13.1. The van der Waals surface area contributed by atoms with Crippen molar-refractivity contribution in [1.29, 1.82) is 0 Å². The van der Waals surface area contributed by atoms with Gasteiger partial charge in [-0.25, -0.2) is 0 Å². The highest BCUT2D eigenvalue weighted by atomic mass is 127. The van der Waals surface area contributed by atoms with Gasteiger partial charge in [-0.3, -0.25) is 9.89 Å². The molecule has 1 N–H and O–H groups in total. The third kappa shape index (κ3) is 7.19. The average molecular weight is 500 g/mol. The molecule has 2 aliphatic heterocycles. The summed E-state index contributed by atoms with van der Waals surface area (Å²) in [5, 5.41) is 3.64. The summed E-state index contributed by atoms with van der Waals surface area (Å²) < 4.78 is 5.47. The van der Waals surface area contributed by atoms with Crippen molar-refractivity contribution in [2.24, 2.45) is 16.3 Å². The van der Waals surface area contributed by atoms with Gasteiger partial charge in [0.15, 0.2) is 5.96 Å². The van der Waals surface area contributed by atoms with E-state index in [0.717, 1.165) is 64.2 Å². The van der Waals surface area contributed by atoms with Crippen LogP contribution in [0.3, 0.4) is 0 Å². The first-order valence-electron chi connectivity index (χ1n) is 10.4. The zero-order chi connectivity index (χ0) is 19.1. The van der Waals surface area contributed by atoms with Gasteiger partial charge in [0.2, 0.25) is 0 Å². The van der Waals surface area contributed by atoms with Gasteiger partial charge in [0.25, 0.3) is 0 Å². The molecule has 2 saturated heterocycles. The summed E-state index contributed by atoms with van der Waals surface area (Å²) in [7, 11) is 1.90. The molecule has 1 unspecified atom stereocenters. The Morgan fingerprint density at radius 1 is 1.18 bits per heavy atom. The van der Waals surface area contributed by atoms with Crippen molar-refractivity contribution in [3.8, 4) is 0 Å². The maximum atomic E-state index is 5.47. The zero-order valence-corrected chi connectivity index (χ0v) is 20.0. The largest absolute Gasteiger partial charge is 0.379 e. The molecule has 0 aromatic heterocycles. The monoisotopic (exact) mass is 500 g/mol. The second-order valence-electron chi connectivity index (χ2n) is 8.74. The fraction of sp³-hybridized carbons (Fsp3) is 0.682. The van der Waals surface area contributed by atoms with Crippen LogP contribution in [0.1, 0.15) is 25.8 Å². The van der Waals surface area contributed by atoms with Crippen LogP contribution in [0.5, 0.6) is 0 Å². The highest BCUT2D eigenvalue weighted by Gasteiger charge is 2.28. The minimum atomic E-state index is 0. The van der Waals surface area contributed by atoms with E-state index in [0.29, 0.717) is 0 Å². The number of morpholine rings is 1. The Hall–Kier alpha value is -0.860. The molecule has 3 rings (SSSR count). The first kappa shape index (κ1) is 23.4. The number of halogens is 1. The third-order valence-electron chi connectivity index (χ3n) is 5.67. The molecule has 0 saturated carbocycles. The summed E-state index contributed by atoms with van der Waals surface area (Å²) in [6.45, 7) is 12.9. The summed E-state index contributed by atoms with van der Waals surface area (Å²) in [6.07, 6.45) is 2.32. The van der Waals surface area contributed by atoms with Crippen molar-refractivity contribution in [2.45, 2.75) is 26.7 Å². The number of hydrogen-bond donors (Lipinski definition) is 1. The maximum absolute atomic E-state index is 5.47. The molecule has 2 aliphatic rings. The van der Waals surface area contributed by atoms with Crippen LogP contribution in [-0.2, 0) is 11.2 Å². The second kappa shape index (κ2) is 11.4. The summed E-state index contributed by atoms with van der Waals surface area (Å²) in [5.74, 6) is 1.79. The van der Waals surface area contributed by atoms with Gasteiger partial charge in [-0.2, -0.15) is 0 Å². The Labute approximate surface area is 187 Å². The lowest BCUT2D eigenvalue weighted by Gasteiger charge is -2.30. The minimum absolute atomic E-state index is 0. The van der Waals surface area contributed by atoms with Crippen LogP contribution >= 0.6 is 24.0 Å². The summed E-state index contributed by atoms with van der Waals surface area (Å²) >= 11 is 0. The van der Waals surface area contributed by atoms with Crippen LogP contribution in [0.25, 0.3) is 0 Å². The normalized spacial score (nSPS) is 21.5. The zero-order valence-electron chi connectivity index (χ0n) is 17.7. The molecule has 28 heavy (non-hydrogen) atoms. The molecule has 0 radical (unpaired) electrons. The number of nitrogens with zero attached hydrogens (tertiary/aromatic N) is 3. The fourth-order valence-corrected chi connectivity index (χ4v) is 4.18. The molecule has 1 aromatic rings. The second-order valence-corrected chi connectivity index (χ2v) is 8.74. The molecule has 0 spiro atoms. The topological polar surface area (TPSA) is 40.1 Å². The SMILES string of the molecule is CN=C(NCC(C)(C)Cc1ccccc1)N1CCC(CN2CCOCC2)C1.I. The average Bonchev–Trinajstić information content (AvgIpc) is 3.12. The number of benzene rings is 1. The maximum Gasteiger partial charge on any atom is 0.193 e. The highest BCUT2D eigenvalue weighted by Crippen LogP contribution is 2.22. The van der Waals surface area contributed by atoms with Gasteiger partial charge < -0.3 is 15.0 Å². The van der Waals surface area contributed by atoms with Crippen LogP contribution in [0, 0.1) is 11.3 Å². The molecule has 2 heterocycles. The Balaban J connectivity index is 0.00000280. The van der Waals surface area contributed by atoms with Crippen molar-refractivity contribution >= 4 is 29.9 Å². The van der Waals surface area contributed by atoms with Crippen LogP contribution in [-0.4, -0.2) is 75.3 Å². The van der Waals surface area contributed by atoms with Gasteiger partial charge >= 0.3 is 0 Å². The quantitative estimate of drug-likeness (QED) is 0.370. The van der Waals surface area contributed by atoms with Crippen LogP contribution < -0.4 is 5.32 Å². The van der Waals surface area contributed by atoms with E-state index in [1.807, 2.05) is 7.05 Å². The number of guanidine groups is 1. The van der Waals surface area contributed by atoms with Gasteiger partial charge in [0.1, 0.15) is 0 Å². The molecule has 1 atom stereocenters. The van der Waals surface area contributed by atoms with Crippen molar-refractivity contribution in [1.82, 2.24) is 15.1 Å². The van der Waals surface area contributed by atoms with Crippen molar-refractivity contribution in [2.75, 3.05) is 59.5 Å². The van der Waals surface area contributed by atoms with Crippen LogP contribution in [0.2, 0.25) is 0 Å². The Bertz CT molecular complexity index is 602. The molecule has 6 heteroatoms. The molecule has 0 bridgehead atoms. The van der Waals surface area contributed by atoms with Gasteiger partial charge in [-0.05, 0) is 29.7 Å². The van der Waals surface area contributed by atoms with Crippen molar-refractivity contribution < 1.29 is 4.74 Å². The lowest BCUT2D eigenvalue weighted by molar-refractivity contribution is 0.0315. The summed E-state index contributed by atoms with van der Waals surface area (Å²) in [4.78, 5) is 9.55. The van der Waals surface area contributed by atoms with E-state index < -0.39 is 0 Å². The van der Waals surface area contributed by atoms with Gasteiger partial charge in [0.05, 0.1) is 13.2 Å². The molecule has 1 aromatic carbocycles. The van der Waals surface area contributed by atoms with Crippen molar-refractivity contribution in [3.63, 3.8) is 0 Å². The number of nitrogens with one attached hydrogen (secondary N) is 1. The van der Waals surface area contributed by atoms with E-state index in [9.17, 15) is 0 Å². The minimum Gasteiger partial charge on any atom is -0.379 e. The summed E-state index contributed by atoms with van der Waals surface area (Å²) in [6, 6.07) is 10.8. The third-order valence-corrected chi connectivity index (χ3v) is 5.67. The van der Waals surface area contributed by atoms with E-state index in [1.54, 1.807) is 0 Å². The number of likely N-dealkylation sites (tertiary alicyclic amines) is 1. The molecule has 5 nitrogen and oxygen atoms in total. The summed E-state index contributed by atoms with van der Waals surface area (Å²) in [5.41, 5.74) is 1.58. The van der Waals surface area contributed by atoms with Crippen LogP contribution in [0.4, 0.5) is 0 Å². The molecular formula is C22H37IN4O. The Morgan fingerprint density at radius 2 is 1.89 bits per heavy atom. The Morgan fingerprint density at radius 3 is 2.57 bits per heavy atom. The molecular weight excluding hydrogens is 463 g/mol. The van der Waals surface area contributed by atoms with E-state index in [1.165, 1.54) is 18.5 Å². The smallest absolute Gasteiger partial charge is 0.193 e.